The topological polar surface area (TPSA) is 156 Å². The number of nitrogens with zero attached hydrogens (tertiary/aromatic N) is 2. The molecule has 4 aromatic rings. The molecule has 0 spiro atoms. The molecule has 2 saturated carbocycles. The van der Waals surface area contributed by atoms with Gasteiger partial charge in [-0.3, -0.25) is 19.1 Å². The largest absolute Gasteiger partial charge is 0.497 e. The van der Waals surface area contributed by atoms with Crippen molar-refractivity contribution in [3.63, 3.8) is 0 Å². The number of fused-ring (bicyclic) bond motifs is 3. The van der Waals surface area contributed by atoms with E-state index in [1.54, 1.807) is 32.2 Å². The molecule has 3 amide bonds. The van der Waals surface area contributed by atoms with Crippen molar-refractivity contribution in [2.45, 2.75) is 99.4 Å². The van der Waals surface area contributed by atoms with Crippen molar-refractivity contribution in [2.24, 2.45) is 5.92 Å². The second-order valence-corrected chi connectivity index (χ2v) is 18.9. The van der Waals surface area contributed by atoms with E-state index in [9.17, 15) is 36.0 Å². The van der Waals surface area contributed by atoms with Gasteiger partial charge in [-0.1, -0.05) is 61.4 Å². The molecule has 1 saturated heterocycles. The maximum absolute atomic E-state index is 14.8. The van der Waals surface area contributed by atoms with Gasteiger partial charge in [-0.05, 0) is 75.8 Å². The lowest BCUT2D eigenvalue weighted by Gasteiger charge is -2.30. The van der Waals surface area contributed by atoms with Crippen molar-refractivity contribution in [3.8, 4) is 22.8 Å². The number of rotatable bonds is 9. The van der Waals surface area contributed by atoms with E-state index in [1.165, 1.54) is 17.0 Å². The number of hydrogen-bond acceptors (Lipinski definition) is 9. The summed E-state index contributed by atoms with van der Waals surface area (Å²) in [7, 11) is -2.49. The Labute approximate surface area is 352 Å². The number of pyridine rings is 1. The third-order valence-corrected chi connectivity index (χ3v) is 14.5. The number of methoxy groups -OCH3 is 1. The molecule has 3 N–H and O–H groups in total. The number of halogens is 3. The standard InChI is InChI=1S/C45H48F3N5O7S/c1-43(20-21-43)61(57,58)52-42(56)44-26-30(44)14-9-4-3-5-10-17-35(49-31-16-11-15-29(22-31)45(46,47)48)41(55)53-27-33(24-38(53)40(54)51-44)60-39-25-36(28-12-7-6-8-13-28)50-37-23-32(59-2)18-19-34(37)39/h6-9,11-16,18-19,22-23,25,30,33,35,38,49H,3-5,10,17,20-21,24,26-27H2,1-2H3,(H,51,54)(H,52,56)/b14-9-/t30-,33+,35-,38-,44+/m0/s1. The number of aromatic nitrogens is 1. The zero-order chi connectivity index (χ0) is 43.2. The first-order valence-electron chi connectivity index (χ1n) is 20.6. The molecule has 4 aliphatic rings. The molecule has 8 rings (SSSR count). The van der Waals surface area contributed by atoms with Gasteiger partial charge in [0, 0.05) is 41.1 Å². The second-order valence-electron chi connectivity index (χ2n) is 16.7. The SMILES string of the molecule is COc1ccc2c(O[C@@H]3C[C@H]4C(=O)N[C@]5(C(=O)NS(=O)(=O)C6(C)CC6)C[C@@H]5/C=C\CCCCC[C@H](Nc5cccc(C(F)(F)F)c5)C(=O)N4C3)cc(-c3ccccc3)nc2c1. The highest BCUT2D eigenvalue weighted by Gasteiger charge is 2.63. The molecule has 5 atom stereocenters. The van der Waals surface area contributed by atoms with E-state index in [-0.39, 0.29) is 31.5 Å². The van der Waals surface area contributed by atoms with Crippen LogP contribution in [0.5, 0.6) is 11.5 Å². The second kappa shape index (κ2) is 16.3. The predicted molar refractivity (Wildman–Crippen MR) is 223 cm³/mol. The van der Waals surface area contributed by atoms with E-state index in [4.69, 9.17) is 14.5 Å². The quantitative estimate of drug-likeness (QED) is 0.149. The zero-order valence-electron chi connectivity index (χ0n) is 33.8. The molecule has 0 unspecified atom stereocenters. The van der Waals surface area contributed by atoms with Crippen LogP contribution in [0.2, 0.25) is 0 Å². The molecular formula is C45H48F3N5O7S. The highest BCUT2D eigenvalue weighted by Crippen LogP contribution is 2.48. The number of carbonyl (C=O) groups is 3. The predicted octanol–water partition coefficient (Wildman–Crippen LogP) is 7.15. The van der Waals surface area contributed by atoms with Gasteiger partial charge in [-0.2, -0.15) is 13.2 Å². The Kier molecular flexibility index (Phi) is 11.3. The molecule has 0 radical (unpaired) electrons. The van der Waals surface area contributed by atoms with Crippen LogP contribution in [0.1, 0.15) is 70.3 Å². The van der Waals surface area contributed by atoms with Crippen LogP contribution in [0.25, 0.3) is 22.2 Å². The van der Waals surface area contributed by atoms with Gasteiger partial charge in [0.15, 0.2) is 0 Å². The summed E-state index contributed by atoms with van der Waals surface area (Å²) in [6, 6.07) is 19.1. The smallest absolute Gasteiger partial charge is 0.416 e. The molecule has 2 aliphatic carbocycles. The normalized spacial score (nSPS) is 25.8. The lowest BCUT2D eigenvalue weighted by atomic mass is 10.0. The average Bonchev–Trinajstić information content (AvgIpc) is 4.12. The average molecular weight is 860 g/mol. The van der Waals surface area contributed by atoms with Crippen LogP contribution in [-0.2, 0) is 30.6 Å². The van der Waals surface area contributed by atoms with E-state index in [0.717, 1.165) is 24.1 Å². The summed E-state index contributed by atoms with van der Waals surface area (Å²) in [6.45, 7) is 1.49. The van der Waals surface area contributed by atoms with Gasteiger partial charge in [-0.25, -0.2) is 13.4 Å². The van der Waals surface area contributed by atoms with Gasteiger partial charge in [-0.15, -0.1) is 0 Å². The fourth-order valence-electron chi connectivity index (χ4n) is 8.27. The lowest BCUT2D eigenvalue weighted by molar-refractivity contribution is -0.140. The van der Waals surface area contributed by atoms with Gasteiger partial charge >= 0.3 is 6.18 Å². The first-order chi connectivity index (χ1) is 29.1. The fraction of sp³-hybridized carbons (Fsp3) is 0.422. The zero-order valence-corrected chi connectivity index (χ0v) is 34.7. The Morgan fingerprint density at radius 1 is 0.984 bits per heavy atom. The number of hydrogen-bond donors (Lipinski definition) is 3. The van der Waals surface area contributed by atoms with E-state index < -0.39 is 73.9 Å². The molecule has 1 aromatic heterocycles. The number of alkyl halides is 3. The number of allylic oxidation sites excluding steroid dienone is 1. The number of amides is 3. The van der Waals surface area contributed by atoms with Crippen LogP contribution in [0.3, 0.4) is 0 Å². The Morgan fingerprint density at radius 3 is 2.51 bits per heavy atom. The Hall–Kier alpha value is -5.64. The third-order valence-electron chi connectivity index (χ3n) is 12.3. The molecule has 12 nitrogen and oxygen atoms in total. The summed E-state index contributed by atoms with van der Waals surface area (Å²) < 4.78 is 81.1. The van der Waals surface area contributed by atoms with E-state index in [1.807, 2.05) is 48.6 Å². The molecule has 16 heteroatoms. The van der Waals surface area contributed by atoms with E-state index in [2.05, 4.69) is 15.4 Å². The third kappa shape index (κ3) is 8.77. The van der Waals surface area contributed by atoms with Gasteiger partial charge in [0.25, 0.3) is 5.91 Å². The number of carbonyl (C=O) groups excluding carboxylic acids is 3. The summed E-state index contributed by atoms with van der Waals surface area (Å²) in [5.41, 5.74) is -0.351. The van der Waals surface area contributed by atoms with Crippen molar-refractivity contribution in [3.05, 3.63) is 96.6 Å². The number of benzene rings is 3. The van der Waals surface area contributed by atoms with Crippen LogP contribution in [0.15, 0.2) is 91.0 Å². The summed E-state index contributed by atoms with van der Waals surface area (Å²) in [5, 5.41) is 6.58. The highest BCUT2D eigenvalue weighted by molar-refractivity contribution is 7.91. The van der Waals surface area contributed by atoms with Gasteiger partial charge in [0.2, 0.25) is 21.8 Å². The summed E-state index contributed by atoms with van der Waals surface area (Å²) >= 11 is 0. The Balaban J connectivity index is 1.15. The minimum atomic E-state index is -4.61. The first kappa shape index (κ1) is 42.1. The molecule has 322 valence electrons. The molecule has 3 aromatic carbocycles. The van der Waals surface area contributed by atoms with Crippen LogP contribution in [0, 0.1) is 5.92 Å². The van der Waals surface area contributed by atoms with E-state index in [0.29, 0.717) is 60.2 Å². The van der Waals surface area contributed by atoms with Gasteiger partial charge in [0.1, 0.15) is 35.2 Å². The molecular weight excluding hydrogens is 812 g/mol. The van der Waals surface area contributed by atoms with Crippen molar-refractivity contribution >= 4 is 44.3 Å². The molecule has 3 fully saturated rings. The molecule has 2 aliphatic heterocycles. The summed E-state index contributed by atoms with van der Waals surface area (Å²) in [6.07, 6.45) is 2.20. The first-order valence-corrected chi connectivity index (χ1v) is 22.1. The minimum absolute atomic E-state index is 0.0108. The van der Waals surface area contributed by atoms with Crippen molar-refractivity contribution in [1.82, 2.24) is 19.9 Å². The number of ether oxygens (including phenoxy) is 2. The molecule has 0 bridgehead atoms. The van der Waals surface area contributed by atoms with Crippen LogP contribution in [0.4, 0.5) is 18.9 Å². The monoisotopic (exact) mass is 859 g/mol. The maximum atomic E-state index is 14.8. The molecule has 3 heterocycles. The highest BCUT2D eigenvalue weighted by atomic mass is 32.2. The Morgan fingerprint density at radius 2 is 1.77 bits per heavy atom. The Bertz CT molecular complexity index is 2480. The maximum Gasteiger partial charge on any atom is 0.416 e. The van der Waals surface area contributed by atoms with Gasteiger partial charge in [0.05, 0.1) is 35.2 Å². The summed E-state index contributed by atoms with van der Waals surface area (Å²) in [5.74, 6) is -1.52. The minimum Gasteiger partial charge on any atom is -0.497 e. The fourth-order valence-corrected chi connectivity index (χ4v) is 9.58. The lowest BCUT2D eigenvalue weighted by Crippen LogP contribution is -2.58. The summed E-state index contributed by atoms with van der Waals surface area (Å²) in [4.78, 5) is 49.7. The number of sulfonamides is 1. The van der Waals surface area contributed by atoms with Crippen LogP contribution in [-0.4, -0.2) is 78.2 Å². The van der Waals surface area contributed by atoms with Crippen molar-refractivity contribution in [2.75, 3.05) is 19.0 Å². The van der Waals surface area contributed by atoms with Crippen molar-refractivity contribution in [1.29, 1.82) is 0 Å². The van der Waals surface area contributed by atoms with Crippen LogP contribution < -0.4 is 24.8 Å². The van der Waals surface area contributed by atoms with Gasteiger partial charge < -0.3 is 25.0 Å². The number of anilines is 1. The van der Waals surface area contributed by atoms with E-state index >= 15 is 0 Å². The number of nitrogens with one attached hydrogen (secondary N) is 3. The molecule has 61 heavy (non-hydrogen) atoms. The van der Waals surface area contributed by atoms with Crippen LogP contribution >= 0.6 is 0 Å². The van der Waals surface area contributed by atoms with Crippen molar-refractivity contribution < 1.29 is 45.4 Å².